The number of hydrogen-bond acceptors (Lipinski definition) is 6. The third-order valence-electron chi connectivity index (χ3n) is 6.33. The first-order valence-corrected chi connectivity index (χ1v) is 13.5. The average Bonchev–Trinajstić information content (AvgIpc) is 3.28. The summed E-state index contributed by atoms with van der Waals surface area (Å²) in [5.41, 5.74) is 1.86. The number of para-hydroxylation sites is 1. The Morgan fingerprint density at radius 1 is 1.18 bits per heavy atom. The van der Waals surface area contributed by atoms with Gasteiger partial charge in [-0.2, -0.15) is 0 Å². The van der Waals surface area contributed by atoms with Crippen LogP contribution in [-0.4, -0.2) is 54.4 Å². The van der Waals surface area contributed by atoms with Crippen molar-refractivity contribution in [3.63, 3.8) is 0 Å². The molecule has 2 heterocycles. The summed E-state index contributed by atoms with van der Waals surface area (Å²) in [5.74, 6) is -1.35. The molecule has 10 heteroatoms. The van der Waals surface area contributed by atoms with Crippen LogP contribution in [0.3, 0.4) is 0 Å². The van der Waals surface area contributed by atoms with Gasteiger partial charge in [-0.1, -0.05) is 25.1 Å². The van der Waals surface area contributed by atoms with Gasteiger partial charge in [-0.25, -0.2) is 22.2 Å². The van der Waals surface area contributed by atoms with E-state index in [1.54, 1.807) is 46.8 Å². The second-order valence-electron chi connectivity index (χ2n) is 8.94. The van der Waals surface area contributed by atoms with Crippen LogP contribution in [0.5, 0.6) is 0 Å². The predicted molar refractivity (Wildman–Crippen MR) is 127 cm³/mol. The van der Waals surface area contributed by atoms with Crippen LogP contribution in [0.4, 0.5) is 8.78 Å². The van der Waals surface area contributed by atoms with Crippen LogP contribution in [0.1, 0.15) is 42.1 Å². The van der Waals surface area contributed by atoms with Crippen LogP contribution >= 0.6 is 11.3 Å². The van der Waals surface area contributed by atoms with Gasteiger partial charge in [-0.3, -0.25) is 4.79 Å². The van der Waals surface area contributed by atoms with Crippen LogP contribution in [-0.2, 0) is 15.6 Å². The van der Waals surface area contributed by atoms with Crippen molar-refractivity contribution in [3.05, 3.63) is 59.1 Å². The minimum absolute atomic E-state index is 0.00445. The van der Waals surface area contributed by atoms with Crippen molar-refractivity contribution in [1.29, 1.82) is 0 Å². The summed E-state index contributed by atoms with van der Waals surface area (Å²) >= 11 is 1.38. The number of thiazole rings is 1. The van der Waals surface area contributed by atoms with Gasteiger partial charge in [0, 0.05) is 24.6 Å². The van der Waals surface area contributed by atoms with Crippen LogP contribution in [0.15, 0.2) is 52.9 Å². The number of rotatable bonds is 7. The highest BCUT2D eigenvalue weighted by molar-refractivity contribution is 7.90. The monoisotopic (exact) mass is 508 g/mol. The number of benzene rings is 2. The predicted octanol–water partition coefficient (Wildman–Crippen LogP) is 4.53. The molecule has 1 aliphatic heterocycles. The van der Waals surface area contributed by atoms with E-state index in [0.717, 1.165) is 4.70 Å². The lowest BCUT2D eigenvalue weighted by molar-refractivity contribution is -0.0525. The number of hydrogen-bond donors (Lipinski definition) is 1. The fraction of sp³-hybridized carbons (Fsp3) is 0.417. The van der Waals surface area contributed by atoms with Gasteiger partial charge in [0.1, 0.15) is 0 Å². The van der Waals surface area contributed by atoms with E-state index in [1.165, 1.54) is 18.3 Å². The lowest BCUT2D eigenvalue weighted by Gasteiger charge is -2.39. The Balaban J connectivity index is 1.40. The Morgan fingerprint density at radius 2 is 1.85 bits per heavy atom. The molecule has 1 aromatic heterocycles. The van der Waals surface area contributed by atoms with Gasteiger partial charge in [0.05, 0.1) is 32.0 Å². The van der Waals surface area contributed by atoms with Gasteiger partial charge in [-0.15, -0.1) is 11.3 Å². The maximum absolute atomic E-state index is 13.0. The smallest absolute Gasteiger partial charge is 0.253 e. The van der Waals surface area contributed by atoms with Crippen LogP contribution < -0.4 is 0 Å². The number of halogens is 2. The van der Waals surface area contributed by atoms with Crippen LogP contribution in [0.25, 0.3) is 10.2 Å². The van der Waals surface area contributed by atoms with Gasteiger partial charge in [0.25, 0.3) is 5.91 Å². The average molecular weight is 509 g/mol. The minimum Gasteiger partial charge on any atom is -0.390 e. The number of carbonyl (C=O) groups excluding carboxylic acids is 1. The van der Waals surface area contributed by atoms with E-state index in [9.17, 15) is 27.1 Å². The van der Waals surface area contributed by atoms with E-state index >= 15 is 0 Å². The second kappa shape index (κ2) is 9.67. The molecule has 6 nitrogen and oxygen atoms in total. The maximum Gasteiger partial charge on any atom is 0.253 e. The summed E-state index contributed by atoms with van der Waals surface area (Å²) in [6.45, 7) is 1.97. The number of nitrogens with zero attached hydrogens (tertiary/aromatic N) is 2. The molecule has 1 saturated heterocycles. The van der Waals surface area contributed by atoms with Crippen LogP contribution in [0, 0.1) is 5.92 Å². The summed E-state index contributed by atoms with van der Waals surface area (Å²) in [4.78, 5) is 18.8. The molecule has 1 unspecified atom stereocenters. The third-order valence-corrected chi connectivity index (χ3v) is 8.84. The van der Waals surface area contributed by atoms with Crippen molar-refractivity contribution in [2.45, 2.75) is 48.9 Å². The number of aromatic nitrogens is 1. The number of alkyl halides is 2. The Labute approximate surface area is 201 Å². The Kier molecular flexibility index (Phi) is 7.02. The normalized spacial score (nSPS) is 17.3. The molecular formula is C24H26F2N2O4S2. The number of amides is 1. The van der Waals surface area contributed by atoms with E-state index in [0.29, 0.717) is 16.6 Å². The first kappa shape index (κ1) is 24.7. The molecule has 1 atom stereocenters. The summed E-state index contributed by atoms with van der Waals surface area (Å²) in [6, 6.07) is 11.5. The molecule has 1 N–H and O–H groups in total. The number of piperidine rings is 1. The molecule has 1 aliphatic rings. The van der Waals surface area contributed by atoms with Crippen LogP contribution in [0.2, 0.25) is 0 Å². The zero-order chi connectivity index (χ0) is 24.5. The van der Waals surface area contributed by atoms with E-state index < -0.39 is 27.8 Å². The number of fused-ring (bicyclic) bond motifs is 1. The van der Waals surface area contributed by atoms with Gasteiger partial charge < -0.3 is 10.0 Å². The summed E-state index contributed by atoms with van der Waals surface area (Å²) in [7, 11) is -3.62. The summed E-state index contributed by atoms with van der Waals surface area (Å²) in [6.07, 6.45) is -1.99. The molecule has 0 radical (unpaired) electrons. The van der Waals surface area contributed by atoms with E-state index in [4.69, 9.17) is 0 Å². The quantitative estimate of drug-likeness (QED) is 0.507. The first-order chi connectivity index (χ1) is 16.1. The van der Waals surface area contributed by atoms with Crippen molar-refractivity contribution < 1.29 is 27.1 Å². The van der Waals surface area contributed by atoms with E-state index in [2.05, 4.69) is 4.98 Å². The highest BCUT2D eigenvalue weighted by Crippen LogP contribution is 2.32. The Hall–Kier alpha value is -2.43. The lowest BCUT2D eigenvalue weighted by atomic mass is 9.83. The largest absolute Gasteiger partial charge is 0.390 e. The summed E-state index contributed by atoms with van der Waals surface area (Å²) in [5, 5.41) is 10.6. The van der Waals surface area contributed by atoms with Gasteiger partial charge in [-0.05, 0) is 49.1 Å². The topological polar surface area (TPSA) is 87.6 Å². The number of carbonyl (C=O) groups is 1. The van der Waals surface area contributed by atoms with E-state index in [1.807, 2.05) is 6.07 Å². The fourth-order valence-corrected chi connectivity index (χ4v) is 6.65. The molecule has 4 rings (SSSR count). The molecular weight excluding hydrogens is 482 g/mol. The summed E-state index contributed by atoms with van der Waals surface area (Å²) < 4.78 is 52.5. The standard InChI is InChI=1S/C24H26F2N2O4S2/c1-16(22(25)26)13-24(30)9-11-28(12-10-24)23(29)18-7-5-17(6-8-18)14-34(31,32)20-4-2-3-19-21(20)27-15-33-19/h2-8,15-16,22,30H,9-14H2,1H3. The molecule has 0 saturated carbocycles. The van der Waals surface area contributed by atoms with Crippen molar-refractivity contribution in [2.75, 3.05) is 13.1 Å². The van der Waals surface area contributed by atoms with Gasteiger partial charge >= 0.3 is 0 Å². The zero-order valence-electron chi connectivity index (χ0n) is 18.7. The Morgan fingerprint density at radius 3 is 2.50 bits per heavy atom. The molecule has 182 valence electrons. The molecule has 0 bridgehead atoms. The molecule has 34 heavy (non-hydrogen) atoms. The first-order valence-electron chi connectivity index (χ1n) is 11.0. The van der Waals surface area contributed by atoms with Crippen molar-refractivity contribution >= 4 is 37.3 Å². The number of sulfone groups is 1. The third kappa shape index (κ3) is 5.29. The van der Waals surface area contributed by atoms with Gasteiger partial charge in [0.2, 0.25) is 6.43 Å². The number of aliphatic hydroxyl groups is 1. The van der Waals surface area contributed by atoms with Gasteiger partial charge in [0.15, 0.2) is 9.84 Å². The molecule has 0 spiro atoms. The van der Waals surface area contributed by atoms with Crippen molar-refractivity contribution in [2.24, 2.45) is 5.92 Å². The van der Waals surface area contributed by atoms with Crippen molar-refractivity contribution in [1.82, 2.24) is 9.88 Å². The lowest BCUT2D eigenvalue weighted by Crippen LogP contribution is -2.47. The Bertz CT molecular complexity index is 1270. The maximum atomic E-state index is 13.0. The SMILES string of the molecule is CC(CC1(O)CCN(C(=O)c2ccc(CS(=O)(=O)c3cccc4scnc34)cc2)CC1)C(F)F. The molecule has 2 aromatic carbocycles. The highest BCUT2D eigenvalue weighted by atomic mass is 32.2. The second-order valence-corrected chi connectivity index (χ2v) is 11.8. The molecule has 1 amide bonds. The molecule has 1 fully saturated rings. The van der Waals surface area contributed by atoms with Crippen molar-refractivity contribution in [3.8, 4) is 0 Å². The fourth-order valence-electron chi connectivity index (χ4n) is 4.35. The highest BCUT2D eigenvalue weighted by Gasteiger charge is 2.37. The molecule has 0 aliphatic carbocycles. The number of likely N-dealkylation sites (tertiary alicyclic amines) is 1. The molecule has 3 aromatic rings. The minimum atomic E-state index is -3.62. The van der Waals surface area contributed by atoms with E-state index in [-0.39, 0.29) is 48.9 Å². The zero-order valence-corrected chi connectivity index (χ0v) is 20.3.